The number of ether oxygens (including phenoxy) is 1. The molecule has 6 heteroatoms. The van der Waals surface area contributed by atoms with Crippen molar-refractivity contribution >= 4 is 11.6 Å². The van der Waals surface area contributed by atoms with E-state index in [2.05, 4.69) is 10.1 Å². The average molecular weight is 296 g/mol. The third-order valence-electron chi connectivity index (χ3n) is 2.94. The number of nitrogens with zero attached hydrogens (tertiary/aromatic N) is 2. The Kier molecular flexibility index (Phi) is 5.52. The van der Waals surface area contributed by atoms with Crippen LogP contribution in [0.25, 0.3) is 0 Å². The van der Waals surface area contributed by atoms with Crippen molar-refractivity contribution in [2.75, 3.05) is 13.7 Å². The molecule has 2 rings (SSSR count). The molecule has 20 heavy (non-hydrogen) atoms. The van der Waals surface area contributed by atoms with E-state index in [0.29, 0.717) is 29.8 Å². The van der Waals surface area contributed by atoms with Crippen molar-refractivity contribution in [1.82, 2.24) is 10.1 Å². The summed E-state index contributed by atoms with van der Waals surface area (Å²) >= 11 is 5.84. The zero-order valence-corrected chi connectivity index (χ0v) is 12.1. The molecule has 0 spiro atoms. The van der Waals surface area contributed by atoms with Crippen LogP contribution in [0, 0.1) is 0 Å². The molecule has 0 radical (unpaired) electrons. The first-order chi connectivity index (χ1) is 9.69. The van der Waals surface area contributed by atoms with Crippen LogP contribution in [0.4, 0.5) is 0 Å². The molecule has 1 aromatic carbocycles. The van der Waals surface area contributed by atoms with Crippen molar-refractivity contribution in [3.63, 3.8) is 0 Å². The van der Waals surface area contributed by atoms with Gasteiger partial charge in [-0.25, -0.2) is 0 Å². The van der Waals surface area contributed by atoms with Gasteiger partial charge in [0.15, 0.2) is 5.82 Å². The second-order valence-electron chi connectivity index (χ2n) is 4.59. The third-order valence-corrected chi connectivity index (χ3v) is 3.19. The molecule has 0 saturated heterocycles. The molecule has 1 unspecified atom stereocenters. The van der Waals surface area contributed by atoms with E-state index in [4.69, 9.17) is 26.6 Å². The molecule has 0 aliphatic carbocycles. The SMILES string of the molecule is COCCCC(N)c1nc(Cc2ccc(Cl)cc2)no1. The summed E-state index contributed by atoms with van der Waals surface area (Å²) in [6.07, 6.45) is 2.23. The van der Waals surface area contributed by atoms with Gasteiger partial charge < -0.3 is 15.0 Å². The maximum Gasteiger partial charge on any atom is 0.243 e. The summed E-state index contributed by atoms with van der Waals surface area (Å²) in [6, 6.07) is 7.33. The Balaban J connectivity index is 1.93. The van der Waals surface area contributed by atoms with Crippen molar-refractivity contribution in [1.29, 1.82) is 0 Å². The molecule has 0 fully saturated rings. The minimum Gasteiger partial charge on any atom is -0.385 e. The molecule has 2 N–H and O–H groups in total. The van der Waals surface area contributed by atoms with Gasteiger partial charge in [-0.2, -0.15) is 4.98 Å². The fourth-order valence-electron chi connectivity index (χ4n) is 1.85. The highest BCUT2D eigenvalue weighted by atomic mass is 35.5. The van der Waals surface area contributed by atoms with E-state index in [9.17, 15) is 0 Å². The summed E-state index contributed by atoms with van der Waals surface area (Å²) in [4.78, 5) is 4.33. The molecule has 108 valence electrons. The lowest BCUT2D eigenvalue weighted by molar-refractivity contribution is 0.188. The highest BCUT2D eigenvalue weighted by Gasteiger charge is 2.14. The number of hydrogen-bond donors (Lipinski definition) is 1. The van der Waals surface area contributed by atoms with E-state index in [0.717, 1.165) is 18.4 Å². The number of methoxy groups -OCH3 is 1. The van der Waals surface area contributed by atoms with Crippen LogP contribution in [0.15, 0.2) is 28.8 Å². The maximum absolute atomic E-state index is 5.99. The smallest absolute Gasteiger partial charge is 0.243 e. The number of halogens is 1. The second kappa shape index (κ2) is 7.38. The molecular weight excluding hydrogens is 278 g/mol. The third kappa shape index (κ3) is 4.30. The maximum atomic E-state index is 5.99. The Hall–Kier alpha value is -1.43. The molecule has 5 nitrogen and oxygen atoms in total. The first-order valence-electron chi connectivity index (χ1n) is 6.50. The van der Waals surface area contributed by atoms with Crippen LogP contribution < -0.4 is 5.73 Å². The molecule has 0 aliphatic rings. The van der Waals surface area contributed by atoms with E-state index in [-0.39, 0.29) is 6.04 Å². The van der Waals surface area contributed by atoms with Crippen molar-refractivity contribution in [3.05, 3.63) is 46.6 Å². The van der Waals surface area contributed by atoms with Crippen LogP contribution >= 0.6 is 11.6 Å². The summed E-state index contributed by atoms with van der Waals surface area (Å²) in [5.74, 6) is 1.11. The number of rotatable bonds is 7. The lowest BCUT2D eigenvalue weighted by Crippen LogP contribution is -2.11. The van der Waals surface area contributed by atoms with Gasteiger partial charge in [-0.15, -0.1) is 0 Å². The van der Waals surface area contributed by atoms with Crippen LogP contribution in [0.2, 0.25) is 5.02 Å². The Morgan fingerprint density at radius 3 is 2.80 bits per heavy atom. The summed E-state index contributed by atoms with van der Waals surface area (Å²) in [6.45, 7) is 0.680. The molecule has 1 atom stereocenters. The van der Waals surface area contributed by atoms with Gasteiger partial charge in [-0.05, 0) is 30.5 Å². The van der Waals surface area contributed by atoms with E-state index in [1.807, 2.05) is 24.3 Å². The van der Waals surface area contributed by atoms with E-state index < -0.39 is 0 Å². The normalized spacial score (nSPS) is 12.6. The number of aromatic nitrogens is 2. The van der Waals surface area contributed by atoms with E-state index in [1.54, 1.807) is 7.11 Å². The summed E-state index contributed by atoms with van der Waals surface area (Å²) < 4.78 is 10.2. The summed E-state index contributed by atoms with van der Waals surface area (Å²) in [5, 5.41) is 4.66. The van der Waals surface area contributed by atoms with Crippen molar-refractivity contribution in [2.45, 2.75) is 25.3 Å². The van der Waals surface area contributed by atoms with Gasteiger partial charge in [-0.1, -0.05) is 28.9 Å². The van der Waals surface area contributed by atoms with Crippen LogP contribution in [0.5, 0.6) is 0 Å². The standard InChI is InChI=1S/C14H18ClN3O2/c1-19-8-2-3-12(16)14-17-13(18-20-14)9-10-4-6-11(15)7-5-10/h4-7,12H,2-3,8-9,16H2,1H3. The topological polar surface area (TPSA) is 74.2 Å². The fourth-order valence-corrected chi connectivity index (χ4v) is 1.97. The molecule has 2 aromatic rings. The minimum atomic E-state index is -0.239. The van der Waals surface area contributed by atoms with E-state index >= 15 is 0 Å². The predicted molar refractivity (Wildman–Crippen MR) is 76.6 cm³/mol. The van der Waals surface area contributed by atoms with Crippen molar-refractivity contribution in [2.24, 2.45) is 5.73 Å². The monoisotopic (exact) mass is 295 g/mol. The Bertz CT molecular complexity index is 527. The zero-order valence-electron chi connectivity index (χ0n) is 11.4. The molecule has 1 aromatic heterocycles. The molecule has 0 aliphatic heterocycles. The second-order valence-corrected chi connectivity index (χ2v) is 5.03. The highest BCUT2D eigenvalue weighted by molar-refractivity contribution is 6.30. The van der Waals surface area contributed by atoms with Crippen LogP contribution in [-0.4, -0.2) is 23.9 Å². The molecule has 0 amide bonds. The first kappa shape index (κ1) is 15.0. The first-order valence-corrected chi connectivity index (χ1v) is 6.88. The van der Waals surface area contributed by atoms with Gasteiger partial charge in [0.2, 0.25) is 5.89 Å². The van der Waals surface area contributed by atoms with Crippen LogP contribution in [0.3, 0.4) is 0 Å². The van der Waals surface area contributed by atoms with Gasteiger partial charge in [0, 0.05) is 25.2 Å². The van der Waals surface area contributed by atoms with E-state index in [1.165, 1.54) is 0 Å². The average Bonchev–Trinajstić information content (AvgIpc) is 2.90. The quantitative estimate of drug-likeness (QED) is 0.795. The van der Waals surface area contributed by atoms with Crippen LogP contribution in [0.1, 0.15) is 36.2 Å². The number of benzene rings is 1. The molecule has 0 saturated carbocycles. The van der Waals surface area contributed by atoms with Crippen molar-refractivity contribution in [3.8, 4) is 0 Å². The number of hydrogen-bond acceptors (Lipinski definition) is 5. The van der Waals surface area contributed by atoms with Crippen molar-refractivity contribution < 1.29 is 9.26 Å². The Morgan fingerprint density at radius 2 is 2.10 bits per heavy atom. The lowest BCUT2D eigenvalue weighted by Gasteiger charge is -2.04. The fraction of sp³-hybridized carbons (Fsp3) is 0.429. The highest BCUT2D eigenvalue weighted by Crippen LogP contribution is 2.16. The molecule has 0 bridgehead atoms. The number of nitrogens with two attached hydrogens (primary N) is 1. The summed E-state index contributed by atoms with van der Waals surface area (Å²) in [5.41, 5.74) is 7.07. The molecular formula is C14H18ClN3O2. The predicted octanol–water partition coefficient (Wildman–Crippen LogP) is 2.74. The van der Waals surface area contributed by atoms with Gasteiger partial charge in [0.1, 0.15) is 0 Å². The molecule has 1 heterocycles. The van der Waals surface area contributed by atoms with Gasteiger partial charge in [0.25, 0.3) is 0 Å². The van der Waals surface area contributed by atoms with Gasteiger partial charge >= 0.3 is 0 Å². The van der Waals surface area contributed by atoms with Gasteiger partial charge in [0.05, 0.1) is 6.04 Å². The van der Waals surface area contributed by atoms with Gasteiger partial charge in [-0.3, -0.25) is 0 Å². The zero-order chi connectivity index (χ0) is 14.4. The Labute approximate surface area is 123 Å². The minimum absolute atomic E-state index is 0.239. The Morgan fingerprint density at radius 1 is 1.35 bits per heavy atom. The van der Waals surface area contributed by atoms with Crippen LogP contribution in [-0.2, 0) is 11.2 Å². The lowest BCUT2D eigenvalue weighted by atomic mass is 10.1. The summed E-state index contributed by atoms with van der Waals surface area (Å²) in [7, 11) is 1.67. The largest absolute Gasteiger partial charge is 0.385 e.